The second kappa shape index (κ2) is 6.54. The van der Waals surface area contributed by atoms with Crippen LogP contribution in [0.25, 0.3) is 0 Å². The van der Waals surface area contributed by atoms with Gasteiger partial charge in [-0.3, -0.25) is 4.99 Å². The predicted molar refractivity (Wildman–Crippen MR) is 78.6 cm³/mol. The molecular weight excluding hydrogens is 246 g/mol. The molecule has 3 N–H and O–H groups in total. The van der Waals surface area contributed by atoms with Crippen molar-refractivity contribution in [2.75, 3.05) is 24.7 Å². The first-order chi connectivity index (χ1) is 8.78. The van der Waals surface area contributed by atoms with Gasteiger partial charge in [-0.05, 0) is 42.9 Å². The van der Waals surface area contributed by atoms with Crippen LogP contribution in [0.2, 0.25) is 0 Å². The zero-order valence-corrected chi connectivity index (χ0v) is 11.4. The molecule has 1 saturated heterocycles. The maximum Gasteiger partial charge on any atom is 0.193 e. The number of ether oxygens (including phenoxy) is 1. The third-order valence-electron chi connectivity index (χ3n) is 2.85. The monoisotopic (exact) mass is 265 g/mol. The summed E-state index contributed by atoms with van der Waals surface area (Å²) in [6.07, 6.45) is 2.56. The van der Waals surface area contributed by atoms with Gasteiger partial charge in [0.25, 0.3) is 0 Å². The molecule has 0 aliphatic carbocycles. The van der Waals surface area contributed by atoms with Crippen LogP contribution >= 0.6 is 11.8 Å². The van der Waals surface area contributed by atoms with Crippen molar-refractivity contribution in [3.8, 4) is 5.75 Å². The van der Waals surface area contributed by atoms with Crippen LogP contribution in [-0.4, -0.2) is 30.6 Å². The lowest BCUT2D eigenvalue weighted by atomic mass is 10.2. The topological polar surface area (TPSA) is 59.6 Å². The molecule has 1 fully saturated rings. The molecule has 0 amide bonds. The van der Waals surface area contributed by atoms with Crippen LogP contribution in [0.4, 0.5) is 5.69 Å². The Balaban J connectivity index is 1.84. The van der Waals surface area contributed by atoms with E-state index < -0.39 is 0 Å². The molecule has 1 atom stereocenters. The van der Waals surface area contributed by atoms with Crippen LogP contribution in [-0.2, 0) is 0 Å². The minimum absolute atomic E-state index is 0.479. The van der Waals surface area contributed by atoms with Gasteiger partial charge >= 0.3 is 0 Å². The van der Waals surface area contributed by atoms with Gasteiger partial charge in [0.2, 0.25) is 0 Å². The van der Waals surface area contributed by atoms with Gasteiger partial charge in [0.15, 0.2) is 5.96 Å². The van der Waals surface area contributed by atoms with E-state index in [1.807, 2.05) is 36.0 Å². The maximum absolute atomic E-state index is 5.85. The van der Waals surface area contributed by atoms with E-state index >= 15 is 0 Å². The number of aliphatic imine (C=N–C) groups is 1. The molecule has 1 aromatic carbocycles. The Hall–Kier alpha value is -1.36. The van der Waals surface area contributed by atoms with Crippen LogP contribution < -0.4 is 15.8 Å². The maximum atomic E-state index is 5.85. The van der Waals surface area contributed by atoms with Crippen LogP contribution in [0.5, 0.6) is 5.75 Å². The Morgan fingerprint density at radius 3 is 2.89 bits per heavy atom. The molecule has 98 valence electrons. The third kappa shape index (κ3) is 3.84. The summed E-state index contributed by atoms with van der Waals surface area (Å²) in [6.45, 7) is 0.805. The second-order valence-corrected chi connectivity index (χ2v) is 5.62. The number of rotatable bonds is 4. The Bertz CT molecular complexity index is 399. The SMILES string of the molecule is COc1ccc(NC(N)=NCC2CCCS2)cc1. The van der Waals surface area contributed by atoms with Crippen LogP contribution in [0.15, 0.2) is 29.3 Å². The number of hydrogen-bond acceptors (Lipinski definition) is 3. The Morgan fingerprint density at radius 2 is 2.28 bits per heavy atom. The highest BCUT2D eigenvalue weighted by molar-refractivity contribution is 8.00. The Kier molecular flexibility index (Phi) is 4.75. The van der Waals surface area contributed by atoms with Crippen molar-refractivity contribution in [3.63, 3.8) is 0 Å². The molecule has 18 heavy (non-hydrogen) atoms. The average molecular weight is 265 g/mol. The fraction of sp³-hybridized carbons (Fsp3) is 0.462. The fourth-order valence-corrected chi connectivity index (χ4v) is 3.03. The van der Waals surface area contributed by atoms with Crippen molar-refractivity contribution in [1.29, 1.82) is 0 Å². The average Bonchev–Trinajstić information content (AvgIpc) is 2.90. The number of benzene rings is 1. The molecule has 1 aliphatic rings. The zero-order chi connectivity index (χ0) is 12.8. The van der Waals surface area contributed by atoms with E-state index in [0.717, 1.165) is 18.0 Å². The molecule has 1 aliphatic heterocycles. The summed E-state index contributed by atoms with van der Waals surface area (Å²) in [5.74, 6) is 2.57. The molecule has 0 spiro atoms. The van der Waals surface area contributed by atoms with Gasteiger partial charge in [0.05, 0.1) is 13.7 Å². The summed E-state index contributed by atoms with van der Waals surface area (Å²) < 4.78 is 5.10. The molecular formula is C13H19N3OS. The van der Waals surface area contributed by atoms with E-state index in [1.54, 1.807) is 7.11 Å². The lowest BCUT2D eigenvalue weighted by Crippen LogP contribution is -2.23. The van der Waals surface area contributed by atoms with Gasteiger partial charge in [0, 0.05) is 10.9 Å². The molecule has 0 radical (unpaired) electrons. The van der Waals surface area contributed by atoms with Crippen molar-refractivity contribution >= 4 is 23.4 Å². The Labute approximate surface area is 112 Å². The molecule has 4 nitrogen and oxygen atoms in total. The molecule has 1 aromatic rings. The smallest absolute Gasteiger partial charge is 0.193 e. The van der Waals surface area contributed by atoms with Crippen molar-refractivity contribution in [2.24, 2.45) is 10.7 Å². The largest absolute Gasteiger partial charge is 0.497 e. The van der Waals surface area contributed by atoms with E-state index in [1.165, 1.54) is 18.6 Å². The predicted octanol–water partition coefficient (Wildman–Crippen LogP) is 2.32. The van der Waals surface area contributed by atoms with Gasteiger partial charge in [-0.1, -0.05) is 0 Å². The summed E-state index contributed by atoms with van der Waals surface area (Å²) in [5.41, 5.74) is 6.78. The van der Waals surface area contributed by atoms with Crippen molar-refractivity contribution in [2.45, 2.75) is 18.1 Å². The number of hydrogen-bond donors (Lipinski definition) is 2. The minimum atomic E-state index is 0.479. The van der Waals surface area contributed by atoms with Gasteiger partial charge in [-0.2, -0.15) is 11.8 Å². The molecule has 0 bridgehead atoms. The number of guanidine groups is 1. The number of anilines is 1. The van der Waals surface area contributed by atoms with Crippen molar-refractivity contribution < 1.29 is 4.74 Å². The van der Waals surface area contributed by atoms with Crippen molar-refractivity contribution in [1.82, 2.24) is 0 Å². The molecule has 2 rings (SSSR count). The highest BCUT2D eigenvalue weighted by Crippen LogP contribution is 2.26. The fourth-order valence-electron chi connectivity index (χ4n) is 1.85. The first kappa shape index (κ1) is 13.1. The molecule has 5 heteroatoms. The molecule has 0 saturated carbocycles. The van der Waals surface area contributed by atoms with Crippen molar-refractivity contribution in [3.05, 3.63) is 24.3 Å². The van der Waals surface area contributed by atoms with Gasteiger partial charge < -0.3 is 15.8 Å². The highest BCUT2D eigenvalue weighted by atomic mass is 32.2. The standard InChI is InChI=1S/C13H19N3OS/c1-17-11-6-4-10(5-7-11)16-13(14)15-9-12-3-2-8-18-12/h4-7,12H,2-3,8-9H2,1H3,(H3,14,15,16). The zero-order valence-electron chi connectivity index (χ0n) is 10.6. The number of nitrogens with one attached hydrogen (secondary N) is 1. The van der Waals surface area contributed by atoms with E-state index in [2.05, 4.69) is 10.3 Å². The van der Waals surface area contributed by atoms with Gasteiger partial charge in [-0.15, -0.1) is 0 Å². The quantitative estimate of drug-likeness (QED) is 0.648. The third-order valence-corrected chi connectivity index (χ3v) is 4.23. The van der Waals surface area contributed by atoms with E-state index in [-0.39, 0.29) is 0 Å². The number of thioether (sulfide) groups is 1. The first-order valence-electron chi connectivity index (χ1n) is 6.10. The number of nitrogens with two attached hydrogens (primary N) is 1. The highest BCUT2D eigenvalue weighted by Gasteiger charge is 2.14. The van der Waals surface area contributed by atoms with Crippen LogP contribution in [0.3, 0.4) is 0 Å². The number of methoxy groups -OCH3 is 1. The molecule has 1 unspecified atom stereocenters. The lowest BCUT2D eigenvalue weighted by molar-refractivity contribution is 0.415. The number of nitrogens with zero attached hydrogens (tertiary/aromatic N) is 1. The van der Waals surface area contributed by atoms with E-state index in [0.29, 0.717) is 11.2 Å². The minimum Gasteiger partial charge on any atom is -0.497 e. The summed E-state index contributed by atoms with van der Waals surface area (Å²) in [4.78, 5) is 4.38. The summed E-state index contributed by atoms with van der Waals surface area (Å²) in [6, 6.07) is 7.63. The van der Waals surface area contributed by atoms with Gasteiger partial charge in [0.1, 0.15) is 5.75 Å². The van der Waals surface area contributed by atoms with Crippen LogP contribution in [0.1, 0.15) is 12.8 Å². The lowest BCUT2D eigenvalue weighted by Gasteiger charge is -2.08. The van der Waals surface area contributed by atoms with E-state index in [9.17, 15) is 0 Å². The molecule has 0 aromatic heterocycles. The first-order valence-corrected chi connectivity index (χ1v) is 7.15. The second-order valence-electron chi connectivity index (χ2n) is 4.21. The Morgan fingerprint density at radius 1 is 1.50 bits per heavy atom. The molecule has 1 heterocycles. The van der Waals surface area contributed by atoms with E-state index in [4.69, 9.17) is 10.5 Å². The summed E-state index contributed by atoms with van der Waals surface area (Å²) >= 11 is 1.99. The summed E-state index contributed by atoms with van der Waals surface area (Å²) in [5, 5.41) is 3.72. The van der Waals surface area contributed by atoms with Gasteiger partial charge in [-0.25, -0.2) is 0 Å². The normalized spacial score (nSPS) is 19.8. The van der Waals surface area contributed by atoms with Crippen LogP contribution in [0, 0.1) is 0 Å². The summed E-state index contributed by atoms with van der Waals surface area (Å²) in [7, 11) is 1.65.